The SMILES string of the molecule is NC(=O)COc1cccc(C(O)C2(c3ccccc3)SCCCS2)c1. The maximum Gasteiger partial charge on any atom is 0.255 e. The van der Waals surface area contributed by atoms with Crippen LogP contribution in [0.5, 0.6) is 5.75 Å². The van der Waals surface area contributed by atoms with E-state index in [1.165, 1.54) is 0 Å². The fourth-order valence-corrected chi connectivity index (χ4v) is 6.24. The third-order valence-electron chi connectivity index (χ3n) is 4.01. The molecule has 0 radical (unpaired) electrons. The zero-order valence-electron chi connectivity index (χ0n) is 13.8. The summed E-state index contributed by atoms with van der Waals surface area (Å²) in [6.07, 6.45) is 0.445. The molecule has 25 heavy (non-hydrogen) atoms. The monoisotopic (exact) mass is 375 g/mol. The molecule has 1 fully saturated rings. The van der Waals surface area contributed by atoms with Gasteiger partial charge in [-0.15, -0.1) is 23.5 Å². The van der Waals surface area contributed by atoms with E-state index in [9.17, 15) is 9.90 Å². The van der Waals surface area contributed by atoms with E-state index < -0.39 is 16.1 Å². The van der Waals surface area contributed by atoms with E-state index in [0.29, 0.717) is 5.75 Å². The van der Waals surface area contributed by atoms with Crippen LogP contribution in [-0.2, 0) is 8.87 Å². The van der Waals surface area contributed by atoms with Gasteiger partial charge in [-0.2, -0.15) is 0 Å². The van der Waals surface area contributed by atoms with Crippen LogP contribution in [0.2, 0.25) is 0 Å². The molecule has 3 N–H and O–H groups in total. The van der Waals surface area contributed by atoms with Crippen molar-refractivity contribution in [3.8, 4) is 5.75 Å². The highest BCUT2D eigenvalue weighted by Crippen LogP contribution is 2.57. The van der Waals surface area contributed by atoms with Gasteiger partial charge >= 0.3 is 0 Å². The molecule has 2 aromatic rings. The van der Waals surface area contributed by atoms with Crippen molar-refractivity contribution in [2.45, 2.75) is 16.6 Å². The zero-order chi connectivity index (χ0) is 17.7. The third-order valence-corrected chi connectivity index (χ3v) is 7.48. The Labute approximate surface area is 156 Å². The van der Waals surface area contributed by atoms with Gasteiger partial charge in [-0.3, -0.25) is 4.79 Å². The van der Waals surface area contributed by atoms with Crippen molar-refractivity contribution >= 4 is 29.4 Å². The lowest BCUT2D eigenvalue weighted by molar-refractivity contribution is -0.119. The van der Waals surface area contributed by atoms with Crippen LogP contribution in [0.4, 0.5) is 0 Å². The van der Waals surface area contributed by atoms with Gasteiger partial charge in [0, 0.05) is 0 Å². The summed E-state index contributed by atoms with van der Waals surface area (Å²) in [4.78, 5) is 10.9. The largest absolute Gasteiger partial charge is 0.484 e. The maximum absolute atomic E-state index is 11.3. The Balaban J connectivity index is 1.91. The zero-order valence-corrected chi connectivity index (χ0v) is 15.4. The Morgan fingerprint density at radius 1 is 1.16 bits per heavy atom. The number of amides is 1. The van der Waals surface area contributed by atoms with Gasteiger partial charge in [0.15, 0.2) is 6.61 Å². The number of aliphatic hydroxyl groups is 1. The number of hydrogen-bond donors (Lipinski definition) is 2. The highest BCUT2D eigenvalue weighted by Gasteiger charge is 2.43. The minimum Gasteiger partial charge on any atom is -0.484 e. The summed E-state index contributed by atoms with van der Waals surface area (Å²) >= 11 is 3.58. The molecular weight excluding hydrogens is 354 g/mol. The highest BCUT2D eigenvalue weighted by atomic mass is 32.2. The Hall–Kier alpha value is -1.63. The third kappa shape index (κ3) is 4.14. The number of primary amides is 1. The number of rotatable bonds is 6. The highest BCUT2D eigenvalue weighted by molar-refractivity contribution is 8.18. The molecule has 1 unspecified atom stereocenters. The molecule has 132 valence electrons. The smallest absolute Gasteiger partial charge is 0.255 e. The molecule has 1 amide bonds. The minimum absolute atomic E-state index is 0.174. The summed E-state index contributed by atoms with van der Waals surface area (Å²) in [5.41, 5.74) is 7.01. The average Bonchev–Trinajstić information content (AvgIpc) is 2.67. The van der Waals surface area contributed by atoms with Crippen molar-refractivity contribution in [2.24, 2.45) is 5.73 Å². The summed E-state index contributed by atoms with van der Waals surface area (Å²) in [6, 6.07) is 17.4. The summed E-state index contributed by atoms with van der Waals surface area (Å²) in [6.45, 7) is -0.174. The number of carbonyl (C=O) groups excluding carboxylic acids is 1. The first-order chi connectivity index (χ1) is 12.1. The van der Waals surface area contributed by atoms with E-state index in [1.54, 1.807) is 35.7 Å². The summed E-state index contributed by atoms with van der Waals surface area (Å²) in [5, 5.41) is 11.3. The van der Waals surface area contributed by atoms with Crippen molar-refractivity contribution in [1.29, 1.82) is 0 Å². The number of ether oxygens (including phenoxy) is 1. The topological polar surface area (TPSA) is 72.6 Å². The van der Waals surface area contributed by atoms with Crippen LogP contribution < -0.4 is 10.5 Å². The van der Waals surface area contributed by atoms with E-state index in [4.69, 9.17) is 10.5 Å². The molecule has 0 aromatic heterocycles. The lowest BCUT2D eigenvalue weighted by Gasteiger charge is -2.40. The lowest BCUT2D eigenvalue weighted by Crippen LogP contribution is -2.30. The second kappa shape index (κ2) is 8.17. The average molecular weight is 376 g/mol. The van der Waals surface area contributed by atoms with Crippen LogP contribution in [0.25, 0.3) is 0 Å². The normalized spacial score (nSPS) is 17.6. The Bertz CT molecular complexity index is 718. The Kier molecular flexibility index (Phi) is 5.93. The van der Waals surface area contributed by atoms with Crippen LogP contribution in [-0.4, -0.2) is 29.1 Å². The quantitative estimate of drug-likeness (QED) is 0.810. The molecule has 4 nitrogen and oxygen atoms in total. The summed E-state index contributed by atoms with van der Waals surface area (Å²) in [7, 11) is 0. The first-order valence-corrected chi connectivity index (χ1v) is 10.1. The number of thioether (sulfide) groups is 2. The van der Waals surface area contributed by atoms with Gasteiger partial charge in [-0.1, -0.05) is 42.5 Å². The Morgan fingerprint density at radius 2 is 1.88 bits per heavy atom. The first-order valence-electron chi connectivity index (χ1n) is 8.14. The Morgan fingerprint density at radius 3 is 2.56 bits per heavy atom. The molecule has 1 heterocycles. The van der Waals surface area contributed by atoms with Gasteiger partial charge in [0.05, 0.1) is 0 Å². The molecule has 1 atom stereocenters. The van der Waals surface area contributed by atoms with Crippen LogP contribution in [0, 0.1) is 0 Å². The molecule has 0 saturated carbocycles. The molecule has 6 heteroatoms. The predicted molar refractivity (Wildman–Crippen MR) is 104 cm³/mol. The van der Waals surface area contributed by atoms with Gasteiger partial charge in [-0.25, -0.2) is 0 Å². The number of aliphatic hydroxyl groups excluding tert-OH is 1. The molecule has 1 saturated heterocycles. The minimum atomic E-state index is -0.692. The molecule has 0 bridgehead atoms. The number of carbonyl (C=O) groups is 1. The number of nitrogens with two attached hydrogens (primary N) is 1. The fourth-order valence-electron chi connectivity index (χ4n) is 2.85. The van der Waals surface area contributed by atoms with Crippen LogP contribution >= 0.6 is 23.5 Å². The van der Waals surface area contributed by atoms with Crippen molar-refractivity contribution < 1.29 is 14.6 Å². The molecule has 0 spiro atoms. The number of hydrogen-bond acceptors (Lipinski definition) is 5. The molecule has 3 rings (SSSR count). The summed E-state index contributed by atoms with van der Waals surface area (Å²) < 4.78 is 4.94. The lowest BCUT2D eigenvalue weighted by atomic mass is 10.00. The standard InChI is InChI=1S/C19H21NO3S2/c20-17(21)13-23-16-9-4-6-14(12-16)18(22)19(24-10-5-11-25-19)15-7-2-1-3-8-15/h1-4,6-9,12,18,22H,5,10-11,13H2,(H2,20,21). The van der Waals surface area contributed by atoms with E-state index in [-0.39, 0.29) is 6.61 Å². The second-order valence-electron chi connectivity index (χ2n) is 5.81. The van der Waals surface area contributed by atoms with Crippen molar-refractivity contribution in [1.82, 2.24) is 0 Å². The maximum atomic E-state index is 11.3. The van der Waals surface area contributed by atoms with Crippen LogP contribution in [0.1, 0.15) is 23.7 Å². The van der Waals surface area contributed by atoms with E-state index in [0.717, 1.165) is 29.1 Å². The van der Waals surface area contributed by atoms with E-state index in [1.807, 2.05) is 30.3 Å². The first kappa shape index (κ1) is 18.2. The van der Waals surface area contributed by atoms with Gasteiger partial charge in [0.1, 0.15) is 15.9 Å². The van der Waals surface area contributed by atoms with E-state index >= 15 is 0 Å². The molecule has 1 aliphatic rings. The second-order valence-corrected chi connectivity index (χ2v) is 8.75. The van der Waals surface area contributed by atoms with Gasteiger partial charge in [-0.05, 0) is 41.2 Å². The van der Waals surface area contributed by atoms with Crippen molar-refractivity contribution in [3.63, 3.8) is 0 Å². The van der Waals surface area contributed by atoms with Gasteiger partial charge < -0.3 is 15.6 Å². The predicted octanol–water partition coefficient (Wildman–Crippen LogP) is 3.31. The molecule has 2 aromatic carbocycles. The molecule has 1 aliphatic heterocycles. The number of benzene rings is 2. The van der Waals surface area contributed by atoms with Crippen molar-refractivity contribution in [3.05, 3.63) is 65.7 Å². The fraction of sp³-hybridized carbons (Fsp3) is 0.316. The van der Waals surface area contributed by atoms with Gasteiger partial charge in [0.25, 0.3) is 5.91 Å². The summed E-state index contributed by atoms with van der Waals surface area (Å²) in [5.74, 6) is 2.03. The van der Waals surface area contributed by atoms with Crippen LogP contribution in [0.15, 0.2) is 54.6 Å². The van der Waals surface area contributed by atoms with E-state index in [2.05, 4.69) is 12.1 Å². The molecular formula is C19H21NO3S2. The molecule has 0 aliphatic carbocycles. The van der Waals surface area contributed by atoms with Crippen molar-refractivity contribution in [2.75, 3.05) is 18.1 Å². The van der Waals surface area contributed by atoms with Gasteiger partial charge in [0.2, 0.25) is 0 Å². The van der Waals surface area contributed by atoms with Crippen LogP contribution in [0.3, 0.4) is 0 Å².